The molecule has 3 rings (SSSR count). The first kappa shape index (κ1) is 20.3. The topological polar surface area (TPSA) is 70.9 Å². The molecule has 1 amide bonds. The molecule has 0 atom stereocenters. The molecule has 0 bridgehead atoms. The smallest absolute Gasteiger partial charge is 0.359 e. The number of amides is 1. The lowest BCUT2D eigenvalue weighted by Crippen LogP contribution is -2.50. The third-order valence-corrected chi connectivity index (χ3v) is 6.33. The molecular weight excluding hydrogens is 414 g/mol. The number of piperidine rings is 1. The summed E-state index contributed by atoms with van der Waals surface area (Å²) in [6.07, 6.45) is 3.50. The standard InChI is InChI=1S/C18H28BrN5O3/c1-14-16(19)17(18(26)27-2)20-24(14)13-22-10-8-21(9-11-22)12-15(25)23-6-4-3-5-7-23/h3-13H2,1-2H3. The molecule has 0 N–H and O–H groups in total. The van der Waals surface area contributed by atoms with E-state index in [0.717, 1.165) is 57.8 Å². The number of piperazine rings is 1. The number of esters is 1. The number of carbonyl (C=O) groups excluding carboxylic acids is 2. The number of nitrogens with zero attached hydrogens (tertiary/aromatic N) is 5. The maximum Gasteiger partial charge on any atom is 0.359 e. The Hall–Kier alpha value is -1.45. The number of methoxy groups -OCH3 is 1. The summed E-state index contributed by atoms with van der Waals surface area (Å²) in [5.41, 5.74) is 1.21. The molecule has 2 saturated heterocycles. The fourth-order valence-electron chi connectivity index (χ4n) is 3.60. The Balaban J connectivity index is 1.49. The first-order valence-corrected chi connectivity index (χ1v) is 10.3. The molecule has 27 heavy (non-hydrogen) atoms. The molecule has 0 saturated carbocycles. The molecule has 9 heteroatoms. The van der Waals surface area contributed by atoms with Crippen molar-refractivity contribution in [1.82, 2.24) is 24.5 Å². The second-order valence-corrected chi connectivity index (χ2v) is 8.01. The van der Waals surface area contributed by atoms with E-state index in [4.69, 9.17) is 4.74 Å². The maximum atomic E-state index is 12.4. The van der Waals surface area contributed by atoms with Crippen molar-refractivity contribution < 1.29 is 14.3 Å². The third-order valence-electron chi connectivity index (χ3n) is 5.38. The fourth-order valence-corrected chi connectivity index (χ4v) is 4.05. The predicted molar refractivity (Wildman–Crippen MR) is 104 cm³/mol. The van der Waals surface area contributed by atoms with Crippen molar-refractivity contribution in [3.05, 3.63) is 15.9 Å². The Morgan fingerprint density at radius 1 is 1.04 bits per heavy atom. The van der Waals surface area contributed by atoms with Crippen LogP contribution in [0.25, 0.3) is 0 Å². The van der Waals surface area contributed by atoms with Gasteiger partial charge in [-0.1, -0.05) is 0 Å². The summed E-state index contributed by atoms with van der Waals surface area (Å²) in [5, 5.41) is 4.38. The highest BCUT2D eigenvalue weighted by Gasteiger charge is 2.24. The number of rotatable bonds is 5. The van der Waals surface area contributed by atoms with Crippen LogP contribution >= 0.6 is 15.9 Å². The highest BCUT2D eigenvalue weighted by atomic mass is 79.9. The van der Waals surface area contributed by atoms with E-state index in [-0.39, 0.29) is 5.91 Å². The Bertz CT molecular complexity index is 679. The minimum Gasteiger partial charge on any atom is -0.464 e. The predicted octanol–water partition coefficient (Wildman–Crippen LogP) is 1.33. The lowest BCUT2D eigenvalue weighted by Gasteiger charge is -2.36. The molecule has 8 nitrogen and oxygen atoms in total. The highest BCUT2D eigenvalue weighted by Crippen LogP contribution is 2.22. The molecule has 3 heterocycles. The molecule has 0 unspecified atom stereocenters. The Morgan fingerprint density at radius 2 is 1.67 bits per heavy atom. The van der Waals surface area contributed by atoms with Crippen LogP contribution in [0.4, 0.5) is 0 Å². The lowest BCUT2D eigenvalue weighted by molar-refractivity contribution is -0.133. The minimum absolute atomic E-state index is 0.262. The first-order valence-electron chi connectivity index (χ1n) is 9.53. The van der Waals surface area contributed by atoms with Crippen LogP contribution in [0.2, 0.25) is 0 Å². The van der Waals surface area contributed by atoms with E-state index in [1.807, 2.05) is 16.5 Å². The molecule has 0 aromatic carbocycles. The van der Waals surface area contributed by atoms with Gasteiger partial charge in [-0.2, -0.15) is 5.10 Å². The Morgan fingerprint density at radius 3 is 2.30 bits per heavy atom. The number of likely N-dealkylation sites (tertiary alicyclic amines) is 1. The molecule has 2 aliphatic heterocycles. The van der Waals surface area contributed by atoms with Crippen molar-refractivity contribution >= 4 is 27.8 Å². The van der Waals surface area contributed by atoms with Crippen molar-refractivity contribution in [3.8, 4) is 0 Å². The van der Waals surface area contributed by atoms with Crippen LogP contribution in [-0.2, 0) is 16.2 Å². The van der Waals surface area contributed by atoms with E-state index in [1.54, 1.807) is 0 Å². The number of carbonyl (C=O) groups is 2. The SMILES string of the molecule is COC(=O)c1nn(CN2CCN(CC(=O)N3CCCCC3)CC2)c(C)c1Br. The summed E-state index contributed by atoms with van der Waals surface area (Å²) in [6, 6.07) is 0. The lowest BCUT2D eigenvalue weighted by atomic mass is 10.1. The zero-order valence-corrected chi connectivity index (χ0v) is 17.7. The van der Waals surface area contributed by atoms with Crippen LogP contribution in [0.5, 0.6) is 0 Å². The second-order valence-electron chi connectivity index (χ2n) is 7.22. The number of ether oxygens (including phenoxy) is 1. The van der Waals surface area contributed by atoms with E-state index in [2.05, 4.69) is 30.8 Å². The monoisotopic (exact) mass is 441 g/mol. The van der Waals surface area contributed by atoms with Gasteiger partial charge >= 0.3 is 5.97 Å². The third kappa shape index (κ3) is 4.89. The van der Waals surface area contributed by atoms with Gasteiger partial charge in [0.05, 0.1) is 30.5 Å². The van der Waals surface area contributed by atoms with Crippen molar-refractivity contribution in [3.63, 3.8) is 0 Å². The van der Waals surface area contributed by atoms with E-state index >= 15 is 0 Å². The van der Waals surface area contributed by atoms with Crippen LogP contribution in [-0.4, -0.2) is 89.3 Å². The molecule has 0 radical (unpaired) electrons. The summed E-state index contributed by atoms with van der Waals surface area (Å²) < 4.78 is 7.28. The van der Waals surface area contributed by atoms with Crippen molar-refractivity contribution in [2.75, 3.05) is 52.9 Å². The van der Waals surface area contributed by atoms with Crippen LogP contribution in [0.15, 0.2) is 4.47 Å². The number of hydrogen-bond acceptors (Lipinski definition) is 6. The summed E-state index contributed by atoms with van der Waals surface area (Å²) >= 11 is 3.43. The van der Waals surface area contributed by atoms with Crippen molar-refractivity contribution in [1.29, 1.82) is 0 Å². The molecule has 2 fully saturated rings. The van der Waals surface area contributed by atoms with Gasteiger partial charge in [-0.05, 0) is 42.1 Å². The van der Waals surface area contributed by atoms with Crippen molar-refractivity contribution in [2.24, 2.45) is 0 Å². The van der Waals surface area contributed by atoms with Crippen LogP contribution in [0.3, 0.4) is 0 Å². The van der Waals surface area contributed by atoms with Gasteiger partial charge in [0.1, 0.15) is 0 Å². The second kappa shape index (κ2) is 9.16. The normalized spacial score (nSPS) is 19.3. The number of aromatic nitrogens is 2. The molecule has 1 aromatic heterocycles. The number of halogens is 1. The Kier molecular flexibility index (Phi) is 6.88. The molecule has 1 aromatic rings. The van der Waals surface area contributed by atoms with Gasteiger partial charge < -0.3 is 9.64 Å². The van der Waals surface area contributed by atoms with Gasteiger partial charge in [-0.3, -0.25) is 19.3 Å². The Labute approximate surface area is 168 Å². The molecule has 0 spiro atoms. The van der Waals surface area contributed by atoms with Crippen molar-refractivity contribution in [2.45, 2.75) is 32.9 Å². The number of hydrogen-bond donors (Lipinski definition) is 0. The van der Waals surface area contributed by atoms with E-state index in [9.17, 15) is 9.59 Å². The maximum absolute atomic E-state index is 12.4. The molecular formula is C18H28BrN5O3. The van der Waals surface area contributed by atoms with E-state index < -0.39 is 5.97 Å². The summed E-state index contributed by atoms with van der Waals surface area (Å²) in [4.78, 5) is 30.7. The van der Waals surface area contributed by atoms with Crippen LogP contribution in [0, 0.1) is 6.92 Å². The van der Waals surface area contributed by atoms with Gasteiger partial charge in [0.25, 0.3) is 0 Å². The van der Waals surface area contributed by atoms with E-state index in [0.29, 0.717) is 23.4 Å². The van der Waals surface area contributed by atoms with Gasteiger partial charge in [0, 0.05) is 39.3 Å². The summed E-state index contributed by atoms with van der Waals surface area (Å²) in [5.74, 6) is -0.178. The average molecular weight is 442 g/mol. The average Bonchev–Trinajstić information content (AvgIpc) is 2.98. The van der Waals surface area contributed by atoms with Gasteiger partial charge in [0.2, 0.25) is 5.91 Å². The van der Waals surface area contributed by atoms with Crippen LogP contribution < -0.4 is 0 Å². The summed E-state index contributed by atoms with van der Waals surface area (Å²) in [6.45, 7) is 8.37. The molecule has 150 valence electrons. The largest absolute Gasteiger partial charge is 0.464 e. The minimum atomic E-state index is -0.440. The summed E-state index contributed by atoms with van der Waals surface area (Å²) in [7, 11) is 1.35. The van der Waals surface area contributed by atoms with Crippen LogP contribution in [0.1, 0.15) is 35.4 Å². The zero-order valence-electron chi connectivity index (χ0n) is 16.1. The van der Waals surface area contributed by atoms with Gasteiger partial charge in [-0.15, -0.1) is 0 Å². The molecule has 0 aliphatic carbocycles. The zero-order chi connectivity index (χ0) is 19.4. The fraction of sp³-hybridized carbons (Fsp3) is 0.722. The highest BCUT2D eigenvalue weighted by molar-refractivity contribution is 9.10. The quantitative estimate of drug-likeness (QED) is 0.641. The van der Waals surface area contributed by atoms with Gasteiger partial charge in [-0.25, -0.2) is 4.79 Å². The molecule has 2 aliphatic rings. The first-order chi connectivity index (χ1) is 13.0. The van der Waals surface area contributed by atoms with E-state index in [1.165, 1.54) is 13.5 Å². The van der Waals surface area contributed by atoms with Gasteiger partial charge in [0.15, 0.2) is 5.69 Å².